The molecule has 0 unspecified atom stereocenters. The molecule has 0 aromatic carbocycles. The quantitative estimate of drug-likeness (QED) is 0.809. The molecule has 1 N–H and O–H groups in total. The number of amides is 1. The molecule has 1 aromatic heterocycles. The lowest BCUT2D eigenvalue weighted by molar-refractivity contribution is -0.138. The molecule has 1 fully saturated rings. The van der Waals surface area contributed by atoms with Gasteiger partial charge < -0.3 is 14.4 Å². The fourth-order valence-corrected chi connectivity index (χ4v) is 1.87. The Balaban J connectivity index is 1.87. The molecule has 0 aliphatic carbocycles. The van der Waals surface area contributed by atoms with E-state index in [2.05, 4.69) is 0 Å². The first-order valence-corrected chi connectivity index (χ1v) is 5.42. The third-order valence-corrected chi connectivity index (χ3v) is 2.79. The zero-order valence-electron chi connectivity index (χ0n) is 9.33. The Kier molecular flexibility index (Phi) is 3.43. The van der Waals surface area contributed by atoms with Gasteiger partial charge in [-0.05, 0) is 6.07 Å². The highest BCUT2D eigenvalue weighted by Crippen LogP contribution is 2.09. The van der Waals surface area contributed by atoms with E-state index in [0.29, 0.717) is 31.7 Å². The van der Waals surface area contributed by atoms with Crippen LogP contribution in [0.3, 0.4) is 0 Å². The molecule has 0 bridgehead atoms. The summed E-state index contributed by atoms with van der Waals surface area (Å²) in [4.78, 5) is 26.0. The van der Waals surface area contributed by atoms with Gasteiger partial charge >= 0.3 is 5.97 Å². The molecule has 6 nitrogen and oxygen atoms in total. The van der Waals surface area contributed by atoms with E-state index in [1.54, 1.807) is 11.0 Å². The molecule has 2 rings (SSSR count). The number of nitrogens with zero attached hydrogens (tertiary/aromatic N) is 2. The van der Waals surface area contributed by atoms with Crippen molar-refractivity contribution in [2.24, 2.45) is 0 Å². The van der Waals surface area contributed by atoms with Gasteiger partial charge in [0.2, 0.25) is 0 Å². The number of furan rings is 1. The van der Waals surface area contributed by atoms with Crippen molar-refractivity contribution in [2.45, 2.75) is 0 Å². The van der Waals surface area contributed by atoms with Crippen LogP contribution in [0, 0.1) is 0 Å². The summed E-state index contributed by atoms with van der Waals surface area (Å²) >= 11 is 0. The van der Waals surface area contributed by atoms with Crippen LogP contribution in [0.1, 0.15) is 10.4 Å². The Labute approximate surface area is 98.4 Å². The van der Waals surface area contributed by atoms with Crippen LogP contribution in [-0.4, -0.2) is 59.5 Å². The van der Waals surface area contributed by atoms with Gasteiger partial charge in [0, 0.05) is 26.2 Å². The van der Waals surface area contributed by atoms with Gasteiger partial charge in [-0.25, -0.2) is 0 Å². The van der Waals surface area contributed by atoms with E-state index in [1.165, 1.54) is 12.5 Å². The Morgan fingerprint density at radius 2 is 2.00 bits per heavy atom. The van der Waals surface area contributed by atoms with Gasteiger partial charge in [0.25, 0.3) is 5.91 Å². The highest BCUT2D eigenvalue weighted by molar-refractivity contribution is 5.93. The van der Waals surface area contributed by atoms with Crippen LogP contribution in [-0.2, 0) is 4.79 Å². The molecular weight excluding hydrogens is 224 g/mol. The maximum absolute atomic E-state index is 11.9. The van der Waals surface area contributed by atoms with E-state index in [9.17, 15) is 9.59 Å². The normalized spacial score (nSPS) is 17.1. The van der Waals surface area contributed by atoms with Crippen molar-refractivity contribution in [1.82, 2.24) is 9.80 Å². The van der Waals surface area contributed by atoms with Gasteiger partial charge in [-0.1, -0.05) is 0 Å². The van der Waals surface area contributed by atoms with E-state index in [0.717, 1.165) is 0 Å². The number of hydrogen-bond acceptors (Lipinski definition) is 4. The van der Waals surface area contributed by atoms with Gasteiger partial charge in [0.15, 0.2) is 0 Å². The second-order valence-electron chi connectivity index (χ2n) is 3.97. The highest BCUT2D eigenvalue weighted by Gasteiger charge is 2.23. The smallest absolute Gasteiger partial charge is 0.317 e. The molecule has 0 radical (unpaired) electrons. The third kappa shape index (κ3) is 2.85. The highest BCUT2D eigenvalue weighted by atomic mass is 16.4. The number of carbonyl (C=O) groups excluding carboxylic acids is 1. The molecule has 17 heavy (non-hydrogen) atoms. The van der Waals surface area contributed by atoms with Gasteiger partial charge in [-0.3, -0.25) is 14.5 Å². The van der Waals surface area contributed by atoms with Crippen LogP contribution in [0.4, 0.5) is 0 Å². The number of carbonyl (C=O) groups is 2. The number of rotatable bonds is 3. The average molecular weight is 238 g/mol. The summed E-state index contributed by atoms with van der Waals surface area (Å²) in [6.07, 6.45) is 2.89. The third-order valence-electron chi connectivity index (χ3n) is 2.79. The molecule has 1 aliphatic rings. The van der Waals surface area contributed by atoms with E-state index in [4.69, 9.17) is 9.52 Å². The lowest BCUT2D eigenvalue weighted by Crippen LogP contribution is -2.49. The minimum atomic E-state index is -0.834. The summed E-state index contributed by atoms with van der Waals surface area (Å²) in [5.74, 6) is -0.895. The molecule has 2 heterocycles. The largest absolute Gasteiger partial charge is 0.480 e. The first-order chi connectivity index (χ1) is 8.16. The standard InChI is InChI=1S/C11H14N2O4/c14-10(15)7-12-2-4-13(5-3-12)11(16)9-1-6-17-8-9/h1,6,8H,2-5,7H2,(H,14,15). The minimum Gasteiger partial charge on any atom is -0.480 e. The fourth-order valence-electron chi connectivity index (χ4n) is 1.87. The Morgan fingerprint density at radius 1 is 1.29 bits per heavy atom. The van der Waals surface area contributed by atoms with Crippen molar-refractivity contribution in [2.75, 3.05) is 32.7 Å². The number of carboxylic acid groups (broad SMARTS) is 1. The maximum atomic E-state index is 11.9. The molecule has 6 heteroatoms. The summed E-state index contributed by atoms with van der Waals surface area (Å²) in [6, 6.07) is 1.63. The molecule has 0 atom stereocenters. The Hall–Kier alpha value is -1.82. The summed E-state index contributed by atoms with van der Waals surface area (Å²) in [6.45, 7) is 2.33. The van der Waals surface area contributed by atoms with Gasteiger partial charge in [-0.15, -0.1) is 0 Å². The van der Waals surface area contributed by atoms with E-state index in [-0.39, 0.29) is 12.5 Å². The van der Waals surface area contributed by atoms with Crippen molar-refractivity contribution in [3.63, 3.8) is 0 Å². The van der Waals surface area contributed by atoms with E-state index < -0.39 is 5.97 Å². The summed E-state index contributed by atoms with van der Waals surface area (Å²) in [5.41, 5.74) is 0.539. The zero-order chi connectivity index (χ0) is 12.3. The first-order valence-electron chi connectivity index (χ1n) is 5.42. The fraction of sp³-hybridized carbons (Fsp3) is 0.455. The van der Waals surface area contributed by atoms with E-state index >= 15 is 0 Å². The maximum Gasteiger partial charge on any atom is 0.317 e. The van der Waals surface area contributed by atoms with Crippen LogP contribution >= 0.6 is 0 Å². The first kappa shape index (κ1) is 11.7. The van der Waals surface area contributed by atoms with E-state index in [1.807, 2.05) is 4.90 Å². The van der Waals surface area contributed by atoms with Crippen molar-refractivity contribution in [3.05, 3.63) is 24.2 Å². The van der Waals surface area contributed by atoms with Crippen LogP contribution in [0.5, 0.6) is 0 Å². The molecule has 92 valence electrons. The molecule has 1 saturated heterocycles. The molecular formula is C11H14N2O4. The second kappa shape index (κ2) is 5.01. The van der Waals surface area contributed by atoms with Gasteiger partial charge in [-0.2, -0.15) is 0 Å². The second-order valence-corrected chi connectivity index (χ2v) is 3.97. The number of aliphatic carboxylic acids is 1. The molecule has 0 saturated carbocycles. The van der Waals surface area contributed by atoms with Crippen LogP contribution < -0.4 is 0 Å². The van der Waals surface area contributed by atoms with Crippen LogP contribution in [0.2, 0.25) is 0 Å². The van der Waals surface area contributed by atoms with Crippen LogP contribution in [0.25, 0.3) is 0 Å². The molecule has 0 spiro atoms. The SMILES string of the molecule is O=C(O)CN1CCN(C(=O)c2ccoc2)CC1. The number of piperazine rings is 1. The summed E-state index contributed by atoms with van der Waals surface area (Å²) in [7, 11) is 0. The summed E-state index contributed by atoms with van der Waals surface area (Å²) in [5, 5.41) is 8.66. The minimum absolute atomic E-state index is 0.0355. The molecule has 1 aliphatic heterocycles. The van der Waals surface area contributed by atoms with Crippen molar-refractivity contribution in [1.29, 1.82) is 0 Å². The van der Waals surface area contributed by atoms with Crippen molar-refractivity contribution in [3.8, 4) is 0 Å². The molecule has 1 amide bonds. The number of hydrogen-bond donors (Lipinski definition) is 1. The predicted molar refractivity (Wildman–Crippen MR) is 58.7 cm³/mol. The van der Waals surface area contributed by atoms with Crippen molar-refractivity contribution >= 4 is 11.9 Å². The Bertz CT molecular complexity index is 394. The summed E-state index contributed by atoms with van der Waals surface area (Å²) < 4.78 is 4.86. The van der Waals surface area contributed by atoms with Gasteiger partial charge in [0.1, 0.15) is 6.26 Å². The zero-order valence-corrected chi connectivity index (χ0v) is 9.33. The average Bonchev–Trinajstić information content (AvgIpc) is 2.82. The van der Waals surface area contributed by atoms with Crippen LogP contribution in [0.15, 0.2) is 23.0 Å². The van der Waals surface area contributed by atoms with Gasteiger partial charge in [0.05, 0.1) is 18.4 Å². The predicted octanol–water partition coefficient (Wildman–Crippen LogP) is 0.122. The monoisotopic (exact) mass is 238 g/mol. The molecule has 1 aromatic rings. The lowest BCUT2D eigenvalue weighted by atomic mass is 10.2. The topological polar surface area (TPSA) is 74.0 Å². The lowest BCUT2D eigenvalue weighted by Gasteiger charge is -2.33. The van der Waals surface area contributed by atoms with Crippen molar-refractivity contribution < 1.29 is 19.1 Å². The number of carboxylic acids is 1. The Morgan fingerprint density at radius 3 is 2.53 bits per heavy atom.